The van der Waals surface area contributed by atoms with Crippen LogP contribution in [0, 0.1) is 12.7 Å². The fraction of sp³-hybridized carbons (Fsp3) is 0.300. The van der Waals surface area contributed by atoms with E-state index in [4.69, 9.17) is 4.74 Å². The van der Waals surface area contributed by atoms with Crippen molar-refractivity contribution in [2.45, 2.75) is 19.4 Å². The second-order valence-electron chi connectivity index (χ2n) is 7.19. The van der Waals surface area contributed by atoms with Gasteiger partial charge < -0.3 is 19.9 Å². The van der Waals surface area contributed by atoms with Gasteiger partial charge in [-0.2, -0.15) is 5.10 Å². The molecule has 0 aliphatic carbocycles. The predicted molar refractivity (Wildman–Crippen MR) is 105 cm³/mol. The zero-order chi connectivity index (χ0) is 21.4. The standard InChI is InChI=1S/C20H20FN5O4/c1-11-9-26-16(19(28)22-11)8-15(24-26)20(29)25-6-5-13(10-25)23-18(27)12-3-4-17(30-2)14(21)7-12/h3-4,7-9,13H,5-6,10H2,1-2H3,(H,22,28)(H,23,27)/t13-/m1/s1. The lowest BCUT2D eigenvalue weighted by molar-refractivity contribution is 0.0777. The zero-order valence-electron chi connectivity index (χ0n) is 16.4. The Labute approximate surface area is 170 Å². The molecule has 1 saturated heterocycles. The van der Waals surface area contributed by atoms with E-state index < -0.39 is 11.7 Å². The molecular formula is C20H20FN5O4. The largest absolute Gasteiger partial charge is 0.494 e. The van der Waals surface area contributed by atoms with Gasteiger partial charge in [-0.05, 0) is 31.5 Å². The van der Waals surface area contributed by atoms with Gasteiger partial charge in [0.05, 0.1) is 7.11 Å². The molecule has 4 rings (SSSR count). The minimum Gasteiger partial charge on any atom is -0.494 e. The van der Waals surface area contributed by atoms with Gasteiger partial charge in [-0.1, -0.05) is 0 Å². The number of methoxy groups -OCH3 is 1. The summed E-state index contributed by atoms with van der Waals surface area (Å²) in [6.45, 7) is 2.46. The smallest absolute Gasteiger partial charge is 0.274 e. The third kappa shape index (κ3) is 3.63. The quantitative estimate of drug-likeness (QED) is 0.666. The fourth-order valence-electron chi connectivity index (χ4n) is 3.53. The number of hydrogen-bond donors (Lipinski definition) is 2. The normalized spacial score (nSPS) is 16.1. The monoisotopic (exact) mass is 413 g/mol. The summed E-state index contributed by atoms with van der Waals surface area (Å²) >= 11 is 0. The van der Waals surface area contributed by atoms with Crippen molar-refractivity contribution < 1.29 is 18.7 Å². The van der Waals surface area contributed by atoms with Crippen molar-refractivity contribution in [3.63, 3.8) is 0 Å². The van der Waals surface area contributed by atoms with E-state index in [0.717, 1.165) is 6.07 Å². The van der Waals surface area contributed by atoms with Crippen LogP contribution >= 0.6 is 0 Å². The van der Waals surface area contributed by atoms with E-state index >= 15 is 0 Å². The minimum atomic E-state index is -0.620. The topological polar surface area (TPSA) is 109 Å². The van der Waals surface area contributed by atoms with E-state index in [0.29, 0.717) is 25.2 Å². The zero-order valence-corrected chi connectivity index (χ0v) is 16.4. The second kappa shape index (κ2) is 7.62. The van der Waals surface area contributed by atoms with E-state index in [1.165, 1.54) is 29.8 Å². The lowest BCUT2D eigenvalue weighted by atomic mass is 10.1. The maximum absolute atomic E-state index is 13.8. The first-order chi connectivity index (χ1) is 14.4. The molecule has 3 heterocycles. The Bertz CT molecular complexity index is 1200. The average molecular weight is 413 g/mol. The molecule has 0 unspecified atom stereocenters. The number of H-pyrrole nitrogens is 1. The molecule has 0 radical (unpaired) electrons. The molecule has 10 heteroatoms. The Morgan fingerprint density at radius 2 is 2.13 bits per heavy atom. The average Bonchev–Trinajstić information content (AvgIpc) is 3.34. The number of nitrogens with zero attached hydrogens (tertiary/aromatic N) is 3. The summed E-state index contributed by atoms with van der Waals surface area (Å²) in [5, 5.41) is 7.02. The molecule has 9 nitrogen and oxygen atoms in total. The molecular weight excluding hydrogens is 393 g/mol. The molecule has 1 aromatic carbocycles. The van der Waals surface area contributed by atoms with Gasteiger partial charge >= 0.3 is 0 Å². The number of nitrogens with one attached hydrogen (secondary N) is 2. The summed E-state index contributed by atoms with van der Waals surface area (Å²) in [5.41, 5.74) is 0.936. The first-order valence-corrected chi connectivity index (χ1v) is 9.38. The maximum Gasteiger partial charge on any atom is 0.274 e. The van der Waals surface area contributed by atoms with E-state index in [9.17, 15) is 18.8 Å². The number of hydrogen-bond acceptors (Lipinski definition) is 5. The molecule has 0 saturated carbocycles. The van der Waals surface area contributed by atoms with Crippen LogP contribution in [0.4, 0.5) is 4.39 Å². The van der Waals surface area contributed by atoms with Crippen molar-refractivity contribution in [3.05, 3.63) is 63.6 Å². The van der Waals surface area contributed by atoms with Crippen LogP contribution < -0.4 is 15.6 Å². The first kappa shape index (κ1) is 19.6. The number of carbonyl (C=O) groups is 2. The van der Waals surface area contributed by atoms with Crippen molar-refractivity contribution in [1.82, 2.24) is 24.8 Å². The highest BCUT2D eigenvalue weighted by Gasteiger charge is 2.29. The number of rotatable bonds is 4. The van der Waals surface area contributed by atoms with Crippen molar-refractivity contribution >= 4 is 17.3 Å². The number of aromatic amines is 1. The molecule has 0 spiro atoms. The number of aryl methyl sites for hydroxylation is 1. The Kier molecular flexibility index (Phi) is 4.98. The molecule has 2 N–H and O–H groups in total. The van der Waals surface area contributed by atoms with Crippen LogP contribution in [-0.2, 0) is 0 Å². The Morgan fingerprint density at radius 3 is 2.87 bits per heavy atom. The molecule has 2 aromatic heterocycles. The van der Waals surface area contributed by atoms with Crippen LogP contribution in [0.25, 0.3) is 5.52 Å². The van der Waals surface area contributed by atoms with Crippen molar-refractivity contribution in [1.29, 1.82) is 0 Å². The van der Waals surface area contributed by atoms with Gasteiger partial charge in [0.15, 0.2) is 17.3 Å². The van der Waals surface area contributed by atoms with Crippen LogP contribution in [-0.4, -0.2) is 57.6 Å². The van der Waals surface area contributed by atoms with Gasteiger partial charge in [0.1, 0.15) is 5.52 Å². The molecule has 1 fully saturated rings. The number of amides is 2. The third-order valence-electron chi connectivity index (χ3n) is 5.04. The van der Waals surface area contributed by atoms with Crippen LogP contribution in [0.15, 0.2) is 35.3 Å². The van der Waals surface area contributed by atoms with Gasteiger partial charge in [-0.25, -0.2) is 8.91 Å². The number of benzene rings is 1. The third-order valence-corrected chi connectivity index (χ3v) is 5.04. The Morgan fingerprint density at radius 1 is 1.33 bits per heavy atom. The van der Waals surface area contributed by atoms with Crippen LogP contribution in [0.2, 0.25) is 0 Å². The van der Waals surface area contributed by atoms with E-state index in [1.54, 1.807) is 18.0 Å². The molecule has 1 aliphatic heterocycles. The highest BCUT2D eigenvalue weighted by molar-refractivity contribution is 5.95. The molecule has 1 aliphatic rings. The minimum absolute atomic E-state index is 0.0608. The summed E-state index contributed by atoms with van der Waals surface area (Å²) in [7, 11) is 1.35. The Hall–Kier alpha value is -3.69. The van der Waals surface area contributed by atoms with E-state index in [2.05, 4.69) is 15.4 Å². The van der Waals surface area contributed by atoms with Crippen LogP contribution in [0.5, 0.6) is 5.75 Å². The number of likely N-dealkylation sites (tertiary alicyclic amines) is 1. The summed E-state index contributed by atoms with van der Waals surface area (Å²) in [6.07, 6.45) is 2.19. The van der Waals surface area contributed by atoms with E-state index in [1.807, 2.05) is 0 Å². The van der Waals surface area contributed by atoms with Gasteiger partial charge in [-0.15, -0.1) is 0 Å². The number of aromatic nitrogens is 3. The summed E-state index contributed by atoms with van der Waals surface area (Å²) in [6, 6.07) is 5.16. The number of carbonyl (C=O) groups excluding carboxylic acids is 2. The number of ether oxygens (including phenoxy) is 1. The number of halogens is 1. The second-order valence-corrected chi connectivity index (χ2v) is 7.19. The molecule has 1 atom stereocenters. The summed E-state index contributed by atoms with van der Waals surface area (Å²) < 4.78 is 20.1. The summed E-state index contributed by atoms with van der Waals surface area (Å²) in [4.78, 5) is 41.4. The van der Waals surface area contributed by atoms with Gasteiger partial charge in [0, 0.05) is 42.7 Å². The Balaban J connectivity index is 1.43. The van der Waals surface area contributed by atoms with E-state index in [-0.39, 0.29) is 40.0 Å². The van der Waals surface area contributed by atoms with Crippen LogP contribution in [0.3, 0.4) is 0 Å². The van der Waals surface area contributed by atoms with Gasteiger partial charge in [-0.3, -0.25) is 14.4 Å². The SMILES string of the molecule is COc1ccc(C(=O)N[C@@H]2CCN(C(=O)c3cc4c(=O)[nH]c(C)cn4n3)C2)cc1F. The molecule has 156 valence electrons. The lowest BCUT2D eigenvalue weighted by Crippen LogP contribution is -2.38. The fourth-order valence-corrected chi connectivity index (χ4v) is 3.53. The molecule has 2 amide bonds. The molecule has 0 bridgehead atoms. The molecule has 30 heavy (non-hydrogen) atoms. The van der Waals surface area contributed by atoms with Crippen LogP contribution in [0.1, 0.15) is 33.0 Å². The van der Waals surface area contributed by atoms with Gasteiger partial charge in [0.25, 0.3) is 17.4 Å². The highest BCUT2D eigenvalue weighted by Crippen LogP contribution is 2.19. The van der Waals surface area contributed by atoms with Crippen molar-refractivity contribution in [2.75, 3.05) is 20.2 Å². The first-order valence-electron chi connectivity index (χ1n) is 9.38. The number of fused-ring (bicyclic) bond motifs is 1. The van der Waals surface area contributed by atoms with Crippen molar-refractivity contribution in [3.8, 4) is 5.75 Å². The predicted octanol–water partition coefficient (Wildman–Crippen LogP) is 1.12. The van der Waals surface area contributed by atoms with Crippen molar-refractivity contribution in [2.24, 2.45) is 0 Å². The molecule has 3 aromatic rings. The summed E-state index contributed by atoms with van der Waals surface area (Å²) in [5.74, 6) is -1.30. The van der Waals surface area contributed by atoms with Gasteiger partial charge in [0.2, 0.25) is 0 Å². The highest BCUT2D eigenvalue weighted by atomic mass is 19.1. The maximum atomic E-state index is 13.8. The lowest BCUT2D eigenvalue weighted by Gasteiger charge is -2.16.